The van der Waals surface area contributed by atoms with Crippen LogP contribution in [0.4, 0.5) is 0 Å². The Balaban J connectivity index is 1.92. The fourth-order valence-corrected chi connectivity index (χ4v) is 6.32. The molecule has 0 spiro atoms. The largest absolute Gasteiger partial charge is 0.492 e. The van der Waals surface area contributed by atoms with E-state index in [1.165, 1.54) is 11.3 Å². The third-order valence-corrected chi connectivity index (χ3v) is 8.17. The number of hydrogen-bond acceptors (Lipinski definition) is 8. The number of carbonyl (C=O) groups is 1. The summed E-state index contributed by atoms with van der Waals surface area (Å²) in [5, 5.41) is 0. The van der Waals surface area contributed by atoms with Crippen molar-refractivity contribution in [1.29, 1.82) is 0 Å². The smallest absolute Gasteiger partial charge is 0.338 e. The molecule has 0 fully saturated rings. The molecule has 1 aliphatic heterocycles. The van der Waals surface area contributed by atoms with E-state index in [0.717, 1.165) is 16.0 Å². The summed E-state index contributed by atoms with van der Waals surface area (Å²) in [6.07, 6.45) is 3.50. The number of hydrogen-bond donors (Lipinski definition) is 0. The molecule has 0 bridgehead atoms. The van der Waals surface area contributed by atoms with E-state index in [0.29, 0.717) is 43.2 Å². The van der Waals surface area contributed by atoms with Gasteiger partial charge in [0.25, 0.3) is 5.56 Å². The lowest BCUT2D eigenvalue weighted by molar-refractivity contribution is -0.143. The van der Waals surface area contributed by atoms with Crippen molar-refractivity contribution < 1.29 is 19.0 Å². The molecule has 1 aromatic heterocycles. The van der Waals surface area contributed by atoms with Crippen LogP contribution >= 0.6 is 39.0 Å². The number of benzene rings is 2. The lowest BCUT2D eigenvalue weighted by atomic mass is 9.96. The first-order valence-corrected chi connectivity index (χ1v) is 14.9. The van der Waals surface area contributed by atoms with Crippen molar-refractivity contribution in [3.05, 3.63) is 83.0 Å². The Morgan fingerprint density at radius 3 is 2.58 bits per heavy atom. The Kier molecular flexibility index (Phi) is 8.85. The van der Waals surface area contributed by atoms with Crippen molar-refractivity contribution in [2.75, 3.05) is 20.0 Å². The van der Waals surface area contributed by atoms with E-state index in [1.807, 2.05) is 49.6 Å². The zero-order chi connectivity index (χ0) is 27.6. The van der Waals surface area contributed by atoms with Crippen molar-refractivity contribution in [2.45, 2.75) is 44.7 Å². The Morgan fingerprint density at radius 1 is 1.26 bits per heavy atom. The van der Waals surface area contributed by atoms with Crippen LogP contribution in [0.3, 0.4) is 0 Å². The summed E-state index contributed by atoms with van der Waals surface area (Å²) in [6, 6.07) is 10.9. The Morgan fingerprint density at radius 2 is 1.97 bits per heavy atom. The molecule has 2 aromatic carbocycles. The van der Waals surface area contributed by atoms with Crippen LogP contribution < -0.4 is 24.4 Å². The van der Waals surface area contributed by atoms with Crippen LogP contribution in [0.5, 0.6) is 11.5 Å². The number of thioether (sulfide) groups is 1. The highest BCUT2D eigenvalue weighted by Gasteiger charge is 2.33. The minimum Gasteiger partial charge on any atom is -0.492 e. The van der Waals surface area contributed by atoms with E-state index < -0.39 is 12.0 Å². The number of allylic oxidation sites excluding steroid dienone is 1. The van der Waals surface area contributed by atoms with Crippen LogP contribution in [0.1, 0.15) is 44.9 Å². The van der Waals surface area contributed by atoms with Gasteiger partial charge in [-0.2, -0.15) is 0 Å². The van der Waals surface area contributed by atoms with Crippen molar-refractivity contribution in [3.63, 3.8) is 0 Å². The molecule has 0 N–H and O–H groups in total. The second-order valence-electron chi connectivity index (χ2n) is 8.78. The molecular formula is C28H29BrN2O5S2. The minimum absolute atomic E-state index is 0.236. The van der Waals surface area contributed by atoms with E-state index in [4.69, 9.17) is 14.2 Å². The summed E-state index contributed by atoms with van der Waals surface area (Å²) in [5.74, 6) is 0.683. The zero-order valence-electron chi connectivity index (χ0n) is 22.0. The molecule has 2 heterocycles. The molecular weight excluding hydrogens is 588 g/mol. The third-order valence-electron chi connectivity index (χ3n) is 5.85. The number of carbonyl (C=O) groups excluding carboxylic acids is 1. The van der Waals surface area contributed by atoms with Crippen LogP contribution in [0, 0.1) is 0 Å². The number of nitrogens with zero attached hydrogens (tertiary/aromatic N) is 2. The predicted octanol–water partition coefficient (Wildman–Crippen LogP) is 5.08. The Bertz CT molecular complexity index is 1570. The van der Waals surface area contributed by atoms with E-state index in [-0.39, 0.29) is 11.7 Å². The van der Waals surface area contributed by atoms with Crippen molar-refractivity contribution in [2.24, 2.45) is 4.99 Å². The van der Waals surface area contributed by atoms with Gasteiger partial charge in [-0.25, -0.2) is 9.79 Å². The highest BCUT2D eigenvalue weighted by molar-refractivity contribution is 9.10. The summed E-state index contributed by atoms with van der Waals surface area (Å²) < 4.78 is 19.6. The average Bonchev–Trinajstić information content (AvgIpc) is 3.17. The third kappa shape index (κ3) is 5.62. The molecule has 0 saturated carbocycles. The average molecular weight is 618 g/mol. The van der Waals surface area contributed by atoms with Crippen molar-refractivity contribution in [1.82, 2.24) is 4.57 Å². The lowest BCUT2D eigenvalue weighted by Crippen LogP contribution is -2.40. The molecule has 0 radical (unpaired) electrons. The number of ether oxygens (including phenoxy) is 3. The van der Waals surface area contributed by atoms with Gasteiger partial charge < -0.3 is 14.2 Å². The molecule has 0 amide bonds. The number of thiazole rings is 1. The summed E-state index contributed by atoms with van der Waals surface area (Å²) in [7, 11) is 1.58. The van der Waals surface area contributed by atoms with Gasteiger partial charge in [0.15, 0.2) is 16.3 Å². The van der Waals surface area contributed by atoms with Crippen LogP contribution in [-0.2, 0) is 9.53 Å². The van der Waals surface area contributed by atoms with E-state index in [9.17, 15) is 9.59 Å². The molecule has 10 heteroatoms. The molecule has 200 valence electrons. The number of esters is 1. The first kappa shape index (κ1) is 28.2. The molecule has 38 heavy (non-hydrogen) atoms. The summed E-state index contributed by atoms with van der Waals surface area (Å²) in [4.78, 5) is 33.4. The van der Waals surface area contributed by atoms with E-state index in [2.05, 4.69) is 20.9 Å². The lowest BCUT2D eigenvalue weighted by Gasteiger charge is -2.25. The Labute approximate surface area is 238 Å². The van der Waals surface area contributed by atoms with Gasteiger partial charge in [-0.3, -0.25) is 9.36 Å². The Hall–Kier alpha value is -2.82. The van der Waals surface area contributed by atoms with Gasteiger partial charge in [0.05, 0.1) is 46.1 Å². The number of rotatable bonds is 8. The predicted molar refractivity (Wildman–Crippen MR) is 155 cm³/mol. The second-order valence-corrected chi connectivity index (χ2v) is 11.5. The minimum atomic E-state index is -0.655. The van der Waals surface area contributed by atoms with E-state index in [1.54, 1.807) is 50.3 Å². The summed E-state index contributed by atoms with van der Waals surface area (Å²) in [6.45, 7) is 7.75. The van der Waals surface area contributed by atoms with Crippen molar-refractivity contribution in [3.8, 4) is 11.5 Å². The topological polar surface area (TPSA) is 79.1 Å². The number of halogens is 1. The molecule has 0 saturated heterocycles. The molecule has 0 unspecified atom stereocenters. The van der Waals surface area contributed by atoms with Crippen LogP contribution in [-0.4, -0.2) is 36.6 Å². The second kappa shape index (κ2) is 11.9. The van der Waals surface area contributed by atoms with Crippen molar-refractivity contribution >= 4 is 51.1 Å². The highest BCUT2D eigenvalue weighted by atomic mass is 79.9. The molecule has 7 nitrogen and oxygen atoms in total. The monoisotopic (exact) mass is 616 g/mol. The normalized spacial score (nSPS) is 15.4. The fourth-order valence-electron chi connectivity index (χ4n) is 4.25. The highest BCUT2D eigenvalue weighted by Crippen LogP contribution is 2.37. The standard InChI is InChI=1S/C28H29BrN2O5S2/c1-7-35-21-13-17(12-20(29)25(21)34-5)14-22-26(32)31-24(18-8-10-19(37-6)11-9-18)23(27(33)36-15(2)3)16(4)30-28(31)38-22/h8-15,24H,7H2,1-6H3/b22-14-/t24-/m1/s1. The first-order chi connectivity index (χ1) is 18.2. The van der Waals surface area contributed by atoms with Crippen LogP contribution in [0.25, 0.3) is 6.08 Å². The van der Waals surface area contributed by atoms with Crippen LogP contribution in [0.15, 0.2) is 66.8 Å². The summed E-state index contributed by atoms with van der Waals surface area (Å²) >= 11 is 6.44. The zero-order valence-corrected chi connectivity index (χ0v) is 25.3. The number of fused-ring (bicyclic) bond motifs is 1. The van der Waals surface area contributed by atoms with Gasteiger partial charge in [-0.15, -0.1) is 11.8 Å². The van der Waals surface area contributed by atoms with Gasteiger partial charge in [0.1, 0.15) is 0 Å². The van der Waals surface area contributed by atoms with Gasteiger partial charge in [0, 0.05) is 4.90 Å². The number of aromatic nitrogens is 1. The summed E-state index contributed by atoms with van der Waals surface area (Å²) in [5.41, 5.74) is 2.24. The van der Waals surface area contributed by atoms with Gasteiger partial charge in [-0.05, 0) is 91.3 Å². The number of methoxy groups -OCH3 is 1. The molecule has 0 aliphatic carbocycles. The van der Waals surface area contributed by atoms with Gasteiger partial charge in [0.2, 0.25) is 0 Å². The maximum absolute atomic E-state index is 13.9. The molecule has 1 atom stereocenters. The maximum Gasteiger partial charge on any atom is 0.338 e. The van der Waals surface area contributed by atoms with Gasteiger partial charge in [-0.1, -0.05) is 23.5 Å². The quantitative estimate of drug-likeness (QED) is 0.259. The fraction of sp³-hybridized carbons (Fsp3) is 0.321. The molecule has 4 rings (SSSR count). The van der Waals surface area contributed by atoms with E-state index >= 15 is 0 Å². The molecule has 1 aliphatic rings. The maximum atomic E-state index is 13.9. The van der Waals surface area contributed by atoms with Gasteiger partial charge >= 0.3 is 5.97 Å². The molecule has 3 aromatic rings. The van der Waals surface area contributed by atoms with Crippen LogP contribution in [0.2, 0.25) is 0 Å². The first-order valence-electron chi connectivity index (χ1n) is 12.1. The SMILES string of the molecule is CCOc1cc(/C=c2\sc3n(c2=O)[C@H](c2ccc(SC)cc2)C(C(=O)OC(C)C)=C(C)N=3)cc(Br)c1OC.